The quantitative estimate of drug-likeness (QED) is 0.596. The molecule has 12 heavy (non-hydrogen) atoms. The van der Waals surface area contributed by atoms with Crippen molar-refractivity contribution >= 4 is 0 Å². The van der Waals surface area contributed by atoms with Crippen LogP contribution in [0.4, 0.5) is 0 Å². The summed E-state index contributed by atoms with van der Waals surface area (Å²) < 4.78 is 11.5. The van der Waals surface area contributed by atoms with Crippen molar-refractivity contribution in [3.05, 3.63) is 0 Å². The molecule has 0 aliphatic carbocycles. The molecule has 2 heterocycles. The molecule has 0 N–H and O–H groups in total. The van der Waals surface area contributed by atoms with Crippen molar-refractivity contribution in [3.8, 4) is 0 Å². The molecule has 0 amide bonds. The van der Waals surface area contributed by atoms with Crippen LogP contribution in [0.1, 0.15) is 20.8 Å². The number of fused-ring (bicyclic) bond motifs is 1. The first-order chi connectivity index (χ1) is 5.70. The highest BCUT2D eigenvalue weighted by molar-refractivity contribution is 4.93. The Kier molecular flexibility index (Phi) is 2.13. The summed E-state index contributed by atoms with van der Waals surface area (Å²) in [5, 5.41) is 0. The van der Waals surface area contributed by atoms with Gasteiger partial charge < -0.3 is 9.47 Å². The van der Waals surface area contributed by atoms with Gasteiger partial charge >= 0.3 is 0 Å². The summed E-state index contributed by atoms with van der Waals surface area (Å²) in [6.45, 7) is 8.51. The first kappa shape index (κ1) is 8.52. The third-order valence-corrected chi connectivity index (χ3v) is 3.20. The van der Waals surface area contributed by atoms with Gasteiger partial charge in [0.1, 0.15) is 0 Å². The van der Waals surface area contributed by atoms with Gasteiger partial charge in [-0.25, -0.2) is 0 Å². The second-order valence-corrected chi connectivity index (χ2v) is 4.48. The van der Waals surface area contributed by atoms with E-state index in [9.17, 15) is 0 Å². The molecule has 2 aliphatic rings. The average Bonchev–Trinajstić information content (AvgIpc) is 2.53. The third kappa shape index (κ3) is 1.17. The van der Waals surface area contributed by atoms with E-state index in [1.807, 2.05) is 0 Å². The van der Waals surface area contributed by atoms with E-state index in [4.69, 9.17) is 9.47 Å². The van der Waals surface area contributed by atoms with Gasteiger partial charge in [0.05, 0.1) is 25.4 Å². The molecule has 0 bridgehead atoms. The largest absolute Gasteiger partial charge is 0.375 e. The van der Waals surface area contributed by atoms with Gasteiger partial charge in [-0.3, -0.25) is 0 Å². The molecule has 0 unspecified atom stereocenters. The Hall–Kier alpha value is -0.0800. The van der Waals surface area contributed by atoms with Gasteiger partial charge in [0, 0.05) is 11.8 Å². The molecule has 2 fully saturated rings. The van der Waals surface area contributed by atoms with E-state index in [1.165, 1.54) is 0 Å². The lowest BCUT2D eigenvalue weighted by molar-refractivity contribution is 0.0549. The Bertz CT molecular complexity index is 167. The highest BCUT2D eigenvalue weighted by Gasteiger charge is 2.46. The van der Waals surface area contributed by atoms with Gasteiger partial charge in [0.25, 0.3) is 0 Å². The first-order valence-corrected chi connectivity index (χ1v) is 4.93. The van der Waals surface area contributed by atoms with Crippen LogP contribution in [0.2, 0.25) is 0 Å². The average molecular weight is 170 g/mol. The van der Waals surface area contributed by atoms with Crippen LogP contribution in [0.5, 0.6) is 0 Å². The summed E-state index contributed by atoms with van der Waals surface area (Å²) in [5.74, 6) is 1.91. The normalized spacial score (nSPS) is 47.0. The van der Waals surface area contributed by atoms with Crippen LogP contribution in [0.25, 0.3) is 0 Å². The molecule has 0 aromatic heterocycles. The minimum atomic E-state index is 0.386. The number of ether oxygens (including phenoxy) is 2. The summed E-state index contributed by atoms with van der Waals surface area (Å²) in [6, 6.07) is 0. The molecular formula is C10H18O2. The molecule has 0 saturated carbocycles. The van der Waals surface area contributed by atoms with Crippen molar-refractivity contribution in [2.45, 2.75) is 33.0 Å². The molecule has 0 aromatic carbocycles. The fraction of sp³-hybridized carbons (Fsp3) is 1.00. The van der Waals surface area contributed by atoms with Gasteiger partial charge in [-0.1, -0.05) is 20.8 Å². The number of rotatable bonds is 1. The fourth-order valence-electron chi connectivity index (χ4n) is 2.29. The fourth-order valence-corrected chi connectivity index (χ4v) is 2.29. The predicted molar refractivity (Wildman–Crippen MR) is 47.0 cm³/mol. The Balaban J connectivity index is 2.05. The lowest BCUT2D eigenvalue weighted by Gasteiger charge is -2.19. The Morgan fingerprint density at radius 3 is 2.42 bits per heavy atom. The summed E-state index contributed by atoms with van der Waals surface area (Å²) in [5.41, 5.74) is 0. The topological polar surface area (TPSA) is 18.5 Å². The molecule has 0 aromatic rings. The maximum atomic E-state index is 5.74. The van der Waals surface area contributed by atoms with Gasteiger partial charge in [0.15, 0.2) is 0 Å². The maximum Gasteiger partial charge on any atom is 0.0892 e. The summed E-state index contributed by atoms with van der Waals surface area (Å²) in [7, 11) is 0. The second kappa shape index (κ2) is 3.00. The minimum Gasteiger partial charge on any atom is -0.375 e. The second-order valence-electron chi connectivity index (χ2n) is 4.48. The molecular weight excluding hydrogens is 152 g/mol. The molecule has 2 aliphatic heterocycles. The Labute approximate surface area is 74.2 Å². The van der Waals surface area contributed by atoms with E-state index in [2.05, 4.69) is 20.8 Å². The van der Waals surface area contributed by atoms with Crippen molar-refractivity contribution < 1.29 is 9.47 Å². The maximum absolute atomic E-state index is 5.74. The molecule has 2 saturated heterocycles. The minimum absolute atomic E-state index is 0.386. The summed E-state index contributed by atoms with van der Waals surface area (Å²) in [6.07, 6.45) is 0.775. The number of hydrogen-bond donors (Lipinski definition) is 0. The van der Waals surface area contributed by atoms with Gasteiger partial charge in [-0.2, -0.15) is 0 Å². The highest BCUT2D eigenvalue weighted by Crippen LogP contribution is 2.37. The molecule has 0 radical (unpaired) electrons. The number of hydrogen-bond acceptors (Lipinski definition) is 2. The van der Waals surface area contributed by atoms with Gasteiger partial charge in [-0.05, 0) is 5.92 Å². The SMILES string of the molecule is CC(C)[C@@H]1CO[C@H]2[C@@H]1OC[C@H]2C. The van der Waals surface area contributed by atoms with Crippen LogP contribution in [-0.4, -0.2) is 25.4 Å². The van der Waals surface area contributed by atoms with Gasteiger partial charge in [-0.15, -0.1) is 0 Å². The van der Waals surface area contributed by atoms with Crippen LogP contribution in [0.3, 0.4) is 0 Å². The Morgan fingerprint density at radius 1 is 1.08 bits per heavy atom. The van der Waals surface area contributed by atoms with Crippen LogP contribution >= 0.6 is 0 Å². The standard InChI is InChI=1S/C10H18O2/c1-6(2)8-5-12-9-7(3)4-11-10(8)9/h6-10H,4-5H2,1-3H3/t7-,8+,9-,10-/m1/s1. The van der Waals surface area contributed by atoms with Crippen LogP contribution in [0, 0.1) is 17.8 Å². The lowest BCUT2D eigenvalue weighted by atomic mass is 9.89. The van der Waals surface area contributed by atoms with Crippen molar-refractivity contribution in [1.29, 1.82) is 0 Å². The van der Waals surface area contributed by atoms with Crippen molar-refractivity contribution in [2.24, 2.45) is 17.8 Å². The zero-order valence-corrected chi connectivity index (χ0v) is 8.12. The summed E-state index contributed by atoms with van der Waals surface area (Å²) in [4.78, 5) is 0. The molecule has 4 atom stereocenters. The highest BCUT2D eigenvalue weighted by atomic mass is 16.6. The predicted octanol–water partition coefficient (Wildman–Crippen LogP) is 1.69. The van der Waals surface area contributed by atoms with Crippen molar-refractivity contribution in [1.82, 2.24) is 0 Å². The van der Waals surface area contributed by atoms with E-state index in [-0.39, 0.29) is 0 Å². The first-order valence-electron chi connectivity index (χ1n) is 4.93. The Morgan fingerprint density at radius 2 is 1.75 bits per heavy atom. The van der Waals surface area contributed by atoms with E-state index in [0.29, 0.717) is 30.0 Å². The van der Waals surface area contributed by atoms with Crippen molar-refractivity contribution in [3.63, 3.8) is 0 Å². The third-order valence-electron chi connectivity index (χ3n) is 3.20. The van der Waals surface area contributed by atoms with Gasteiger partial charge in [0.2, 0.25) is 0 Å². The van der Waals surface area contributed by atoms with E-state index >= 15 is 0 Å². The van der Waals surface area contributed by atoms with Crippen molar-refractivity contribution in [2.75, 3.05) is 13.2 Å². The van der Waals surface area contributed by atoms with E-state index in [1.54, 1.807) is 0 Å². The molecule has 2 rings (SSSR count). The molecule has 0 spiro atoms. The van der Waals surface area contributed by atoms with Crippen LogP contribution in [-0.2, 0) is 9.47 Å². The molecule has 2 nitrogen and oxygen atoms in total. The van der Waals surface area contributed by atoms with E-state index < -0.39 is 0 Å². The monoisotopic (exact) mass is 170 g/mol. The molecule has 2 heteroatoms. The van der Waals surface area contributed by atoms with Crippen LogP contribution < -0.4 is 0 Å². The summed E-state index contributed by atoms with van der Waals surface area (Å²) >= 11 is 0. The molecule has 70 valence electrons. The smallest absolute Gasteiger partial charge is 0.0892 e. The zero-order valence-electron chi connectivity index (χ0n) is 8.12. The van der Waals surface area contributed by atoms with Crippen LogP contribution in [0.15, 0.2) is 0 Å². The van der Waals surface area contributed by atoms with E-state index in [0.717, 1.165) is 13.2 Å². The zero-order chi connectivity index (χ0) is 8.72. The lowest BCUT2D eigenvalue weighted by Crippen LogP contribution is -2.27.